The monoisotopic (exact) mass is 310 g/mol. The number of alkyl halides is 1. The van der Waals surface area contributed by atoms with Crippen LogP contribution in [0.4, 0.5) is 4.39 Å². The number of nitrogens with one attached hydrogen (secondary N) is 1. The Hall–Kier alpha value is -1.33. The maximum Gasteiger partial charge on any atom is 0.161 e. The van der Waals surface area contributed by atoms with Gasteiger partial charge in [-0.1, -0.05) is 0 Å². The van der Waals surface area contributed by atoms with E-state index in [1.54, 1.807) is 34.1 Å². The molecule has 0 atom stereocenters. The summed E-state index contributed by atoms with van der Waals surface area (Å²) in [4.78, 5) is 2.40. The molecular formula is C17H27FN2O2. The average Bonchev–Trinajstić information content (AvgIpc) is 2.52. The number of methoxy groups -OCH3 is 2. The van der Waals surface area contributed by atoms with E-state index in [1.807, 2.05) is 6.07 Å². The lowest BCUT2D eigenvalue weighted by atomic mass is 9.92. The van der Waals surface area contributed by atoms with Crippen LogP contribution in [0.15, 0.2) is 12.1 Å². The van der Waals surface area contributed by atoms with Crippen molar-refractivity contribution < 1.29 is 13.9 Å². The number of hydrogen-bond acceptors (Lipinski definition) is 4. The van der Waals surface area contributed by atoms with E-state index in [0.29, 0.717) is 17.1 Å². The second kappa shape index (κ2) is 7.29. The van der Waals surface area contributed by atoms with Crippen LogP contribution in [-0.4, -0.2) is 51.8 Å². The van der Waals surface area contributed by atoms with E-state index in [-0.39, 0.29) is 0 Å². The van der Waals surface area contributed by atoms with Gasteiger partial charge in [0.05, 0.1) is 14.2 Å². The van der Waals surface area contributed by atoms with Gasteiger partial charge in [-0.25, -0.2) is 4.39 Å². The van der Waals surface area contributed by atoms with Crippen molar-refractivity contribution in [3.8, 4) is 11.5 Å². The molecule has 0 bridgehead atoms. The molecule has 0 spiro atoms. The first-order valence-corrected chi connectivity index (χ1v) is 7.83. The van der Waals surface area contributed by atoms with Crippen LogP contribution in [0.3, 0.4) is 0 Å². The summed E-state index contributed by atoms with van der Waals surface area (Å²) < 4.78 is 25.3. The van der Waals surface area contributed by atoms with Gasteiger partial charge in [0.2, 0.25) is 0 Å². The molecule has 1 N–H and O–H groups in total. The van der Waals surface area contributed by atoms with Crippen LogP contribution in [0.1, 0.15) is 25.0 Å². The molecule has 0 aliphatic carbocycles. The minimum absolute atomic E-state index is 0.578. The Kier molecular flexibility index (Phi) is 5.64. The van der Waals surface area contributed by atoms with Gasteiger partial charge in [-0.15, -0.1) is 0 Å². The third kappa shape index (κ3) is 4.11. The lowest BCUT2D eigenvalue weighted by Crippen LogP contribution is -2.44. The van der Waals surface area contributed by atoms with Gasteiger partial charge in [0, 0.05) is 32.7 Å². The van der Waals surface area contributed by atoms with Gasteiger partial charge in [0.25, 0.3) is 0 Å². The summed E-state index contributed by atoms with van der Waals surface area (Å²) in [7, 11) is 3.19. The van der Waals surface area contributed by atoms with E-state index in [2.05, 4.69) is 10.2 Å². The van der Waals surface area contributed by atoms with Crippen LogP contribution in [0, 0.1) is 0 Å². The Balaban J connectivity index is 2.23. The maximum absolute atomic E-state index is 14.6. The van der Waals surface area contributed by atoms with Crippen molar-refractivity contribution in [1.29, 1.82) is 0 Å². The molecule has 1 saturated heterocycles. The summed E-state index contributed by atoms with van der Waals surface area (Å²) in [5.74, 6) is 1.24. The molecule has 1 aliphatic heterocycles. The van der Waals surface area contributed by atoms with E-state index < -0.39 is 5.67 Å². The Labute approximate surface area is 132 Å². The van der Waals surface area contributed by atoms with Gasteiger partial charge in [0.15, 0.2) is 11.5 Å². The smallest absolute Gasteiger partial charge is 0.161 e. The average molecular weight is 310 g/mol. The fourth-order valence-corrected chi connectivity index (χ4v) is 2.89. The van der Waals surface area contributed by atoms with Crippen LogP contribution in [-0.2, 0) is 12.1 Å². The number of halogens is 1. The predicted molar refractivity (Wildman–Crippen MR) is 86.7 cm³/mol. The summed E-state index contributed by atoms with van der Waals surface area (Å²) in [6, 6.07) is 3.68. The molecule has 0 unspecified atom stereocenters. The number of hydrogen-bond donors (Lipinski definition) is 1. The third-order valence-electron chi connectivity index (χ3n) is 4.16. The number of rotatable bonds is 6. The van der Waals surface area contributed by atoms with E-state index >= 15 is 0 Å². The van der Waals surface area contributed by atoms with E-state index in [9.17, 15) is 4.39 Å². The highest BCUT2D eigenvalue weighted by Crippen LogP contribution is 2.37. The van der Waals surface area contributed by atoms with Crippen LogP contribution < -0.4 is 14.8 Å². The fourth-order valence-electron chi connectivity index (χ4n) is 2.89. The van der Waals surface area contributed by atoms with Gasteiger partial charge in [-0.05, 0) is 43.5 Å². The van der Waals surface area contributed by atoms with Gasteiger partial charge in [-0.2, -0.15) is 0 Å². The van der Waals surface area contributed by atoms with Gasteiger partial charge >= 0.3 is 0 Å². The molecular weight excluding hydrogens is 283 g/mol. The van der Waals surface area contributed by atoms with Gasteiger partial charge in [0.1, 0.15) is 5.67 Å². The molecule has 0 amide bonds. The zero-order valence-electron chi connectivity index (χ0n) is 14.0. The molecule has 2 rings (SSSR count). The summed E-state index contributed by atoms with van der Waals surface area (Å²) in [5, 5.41) is 3.34. The first kappa shape index (κ1) is 17.0. The van der Waals surface area contributed by atoms with Crippen molar-refractivity contribution in [2.75, 3.05) is 46.9 Å². The highest BCUT2D eigenvalue weighted by Gasteiger charge is 2.25. The molecule has 1 aromatic rings. The molecule has 4 nitrogen and oxygen atoms in total. The highest BCUT2D eigenvalue weighted by molar-refractivity contribution is 5.49. The zero-order chi connectivity index (χ0) is 16.2. The fraction of sp³-hybridized carbons (Fsp3) is 0.647. The van der Waals surface area contributed by atoms with E-state index in [0.717, 1.165) is 44.7 Å². The van der Waals surface area contributed by atoms with Crippen molar-refractivity contribution >= 4 is 0 Å². The second-order valence-electron chi connectivity index (χ2n) is 6.18. The maximum atomic E-state index is 14.6. The molecule has 1 aromatic carbocycles. The van der Waals surface area contributed by atoms with Crippen molar-refractivity contribution in [2.24, 2.45) is 0 Å². The molecule has 1 fully saturated rings. The van der Waals surface area contributed by atoms with Crippen LogP contribution in [0.25, 0.3) is 0 Å². The number of piperazine rings is 1. The normalized spacial score (nSPS) is 16.6. The first-order valence-electron chi connectivity index (χ1n) is 7.83. The first-order chi connectivity index (χ1) is 10.5. The van der Waals surface area contributed by atoms with Gasteiger partial charge < -0.3 is 19.7 Å². The largest absolute Gasteiger partial charge is 0.493 e. The second-order valence-corrected chi connectivity index (χ2v) is 6.18. The van der Waals surface area contributed by atoms with Crippen molar-refractivity contribution in [1.82, 2.24) is 10.2 Å². The summed E-state index contributed by atoms with van der Waals surface area (Å²) >= 11 is 0. The standard InChI is InChI=1S/C17H27FN2O2/c1-17(2,18)14-12-16(22-4)15(21-3)11-13(14)5-8-20-9-6-19-7-10-20/h11-12,19H,5-10H2,1-4H3. The quantitative estimate of drug-likeness (QED) is 0.874. The van der Waals surface area contributed by atoms with Crippen molar-refractivity contribution in [2.45, 2.75) is 25.9 Å². The molecule has 0 aromatic heterocycles. The van der Waals surface area contributed by atoms with Crippen molar-refractivity contribution in [3.63, 3.8) is 0 Å². The summed E-state index contributed by atoms with van der Waals surface area (Å²) in [5.41, 5.74) is 0.266. The molecule has 5 heteroatoms. The molecule has 1 heterocycles. The molecule has 0 radical (unpaired) electrons. The summed E-state index contributed by atoms with van der Waals surface area (Å²) in [6.07, 6.45) is 0.809. The predicted octanol–water partition coefficient (Wildman–Crippen LogP) is 2.36. The summed E-state index contributed by atoms with van der Waals surface area (Å²) in [6.45, 7) is 8.23. The number of benzene rings is 1. The van der Waals surface area contributed by atoms with Gasteiger partial charge in [-0.3, -0.25) is 0 Å². The molecule has 124 valence electrons. The molecule has 22 heavy (non-hydrogen) atoms. The Morgan fingerprint density at radius 2 is 1.73 bits per heavy atom. The lowest BCUT2D eigenvalue weighted by Gasteiger charge is -2.28. The highest BCUT2D eigenvalue weighted by atomic mass is 19.1. The minimum Gasteiger partial charge on any atom is -0.493 e. The zero-order valence-corrected chi connectivity index (χ0v) is 14.0. The van der Waals surface area contributed by atoms with E-state index in [1.165, 1.54) is 0 Å². The van der Waals surface area contributed by atoms with Crippen LogP contribution in [0.2, 0.25) is 0 Å². The Morgan fingerprint density at radius 1 is 1.14 bits per heavy atom. The lowest BCUT2D eigenvalue weighted by molar-refractivity contribution is 0.215. The third-order valence-corrected chi connectivity index (χ3v) is 4.16. The van der Waals surface area contributed by atoms with E-state index in [4.69, 9.17) is 9.47 Å². The Morgan fingerprint density at radius 3 is 2.27 bits per heavy atom. The Bertz CT molecular complexity index is 494. The number of ether oxygens (including phenoxy) is 2. The SMILES string of the molecule is COc1cc(CCN2CCNCC2)c(C(C)(C)F)cc1OC. The van der Waals surface area contributed by atoms with Crippen LogP contribution >= 0.6 is 0 Å². The number of nitrogens with zero attached hydrogens (tertiary/aromatic N) is 1. The minimum atomic E-state index is -1.40. The van der Waals surface area contributed by atoms with Crippen LogP contribution in [0.5, 0.6) is 11.5 Å². The van der Waals surface area contributed by atoms with Crippen molar-refractivity contribution in [3.05, 3.63) is 23.3 Å². The molecule has 1 aliphatic rings. The topological polar surface area (TPSA) is 33.7 Å². The molecule has 0 saturated carbocycles.